The van der Waals surface area contributed by atoms with Gasteiger partial charge in [-0.3, -0.25) is 0 Å². The van der Waals surface area contributed by atoms with Crippen molar-refractivity contribution >= 4 is 5.97 Å². The summed E-state index contributed by atoms with van der Waals surface area (Å²) in [5.41, 5.74) is 1.05. The van der Waals surface area contributed by atoms with E-state index in [0.29, 0.717) is 23.7 Å². The quantitative estimate of drug-likeness (QED) is 0.803. The molecule has 0 saturated heterocycles. The number of aromatic carboxylic acids is 1. The van der Waals surface area contributed by atoms with Crippen LogP contribution in [0.5, 0.6) is 11.5 Å². The van der Waals surface area contributed by atoms with Crippen LogP contribution >= 0.6 is 0 Å². The van der Waals surface area contributed by atoms with Crippen LogP contribution in [0, 0.1) is 0 Å². The van der Waals surface area contributed by atoms with Crippen LogP contribution in [0.4, 0.5) is 0 Å². The van der Waals surface area contributed by atoms with Gasteiger partial charge in [-0.2, -0.15) is 0 Å². The Morgan fingerprint density at radius 2 is 2.33 bits per heavy atom. The van der Waals surface area contributed by atoms with Gasteiger partial charge in [-0.15, -0.1) is 0 Å². The summed E-state index contributed by atoms with van der Waals surface area (Å²) < 4.78 is 10.6. The fourth-order valence-electron chi connectivity index (χ4n) is 1.80. The molecule has 4 heteroatoms. The molecule has 0 spiro atoms. The molecule has 0 saturated carbocycles. The van der Waals surface area contributed by atoms with Crippen molar-refractivity contribution in [2.45, 2.75) is 12.8 Å². The van der Waals surface area contributed by atoms with Gasteiger partial charge in [0, 0.05) is 5.56 Å². The first-order valence-corrected chi connectivity index (χ1v) is 4.80. The van der Waals surface area contributed by atoms with Gasteiger partial charge in [-0.05, 0) is 25.0 Å². The van der Waals surface area contributed by atoms with Gasteiger partial charge < -0.3 is 14.6 Å². The number of hydrogen-bond acceptors (Lipinski definition) is 3. The minimum Gasteiger partial charge on any atom is -0.493 e. The number of carboxylic acid groups (broad SMARTS) is 1. The van der Waals surface area contributed by atoms with Crippen molar-refractivity contribution in [3.63, 3.8) is 0 Å². The second-order valence-corrected chi connectivity index (χ2v) is 3.38. The lowest BCUT2D eigenvalue weighted by Crippen LogP contribution is -2.14. The van der Waals surface area contributed by atoms with Gasteiger partial charge in [0.1, 0.15) is 0 Å². The molecule has 0 aliphatic carbocycles. The van der Waals surface area contributed by atoms with Gasteiger partial charge >= 0.3 is 5.97 Å². The van der Waals surface area contributed by atoms with Crippen molar-refractivity contribution in [2.75, 3.05) is 13.7 Å². The Morgan fingerprint density at radius 3 is 3.00 bits per heavy atom. The lowest BCUT2D eigenvalue weighted by Gasteiger charge is -2.21. The molecule has 1 aromatic carbocycles. The maximum absolute atomic E-state index is 11.0. The van der Waals surface area contributed by atoms with Crippen molar-refractivity contribution in [2.24, 2.45) is 0 Å². The Morgan fingerprint density at radius 1 is 1.53 bits per heavy atom. The third-order valence-corrected chi connectivity index (χ3v) is 2.49. The lowest BCUT2D eigenvalue weighted by molar-refractivity contribution is 0.0694. The van der Waals surface area contributed by atoms with E-state index in [0.717, 1.165) is 18.4 Å². The Bertz CT molecular complexity index is 398. The van der Waals surface area contributed by atoms with Gasteiger partial charge in [0.25, 0.3) is 0 Å². The number of fused-ring (bicyclic) bond motifs is 1. The van der Waals surface area contributed by atoms with Crippen LogP contribution in [0.1, 0.15) is 22.3 Å². The highest BCUT2D eigenvalue weighted by Gasteiger charge is 2.21. The molecule has 0 radical (unpaired) electrons. The molecule has 1 aromatic rings. The van der Waals surface area contributed by atoms with Gasteiger partial charge in [0.15, 0.2) is 11.5 Å². The summed E-state index contributed by atoms with van der Waals surface area (Å²) >= 11 is 0. The first-order chi connectivity index (χ1) is 7.24. The minimum atomic E-state index is -0.917. The first-order valence-electron chi connectivity index (χ1n) is 4.80. The van der Waals surface area contributed by atoms with Gasteiger partial charge in [-0.25, -0.2) is 4.79 Å². The fraction of sp³-hybridized carbons (Fsp3) is 0.364. The highest BCUT2D eigenvalue weighted by molar-refractivity contribution is 5.91. The predicted octanol–water partition coefficient (Wildman–Crippen LogP) is 1.72. The zero-order valence-corrected chi connectivity index (χ0v) is 8.45. The Kier molecular flexibility index (Phi) is 2.49. The van der Waals surface area contributed by atoms with Crippen LogP contribution in [-0.2, 0) is 6.42 Å². The van der Waals surface area contributed by atoms with Gasteiger partial charge in [-0.1, -0.05) is 0 Å². The molecule has 80 valence electrons. The molecule has 2 rings (SSSR count). The molecule has 15 heavy (non-hydrogen) atoms. The van der Waals surface area contributed by atoms with E-state index >= 15 is 0 Å². The third-order valence-electron chi connectivity index (χ3n) is 2.49. The van der Waals surface area contributed by atoms with Gasteiger partial charge in [0.05, 0.1) is 19.3 Å². The zero-order chi connectivity index (χ0) is 10.8. The second-order valence-electron chi connectivity index (χ2n) is 3.38. The normalized spacial score (nSPS) is 13.9. The molecule has 1 aliphatic heterocycles. The highest BCUT2D eigenvalue weighted by atomic mass is 16.5. The van der Waals surface area contributed by atoms with Crippen LogP contribution < -0.4 is 9.47 Å². The van der Waals surface area contributed by atoms with Crippen LogP contribution in [-0.4, -0.2) is 24.8 Å². The monoisotopic (exact) mass is 208 g/mol. The van der Waals surface area contributed by atoms with Gasteiger partial charge in [0.2, 0.25) is 0 Å². The molecular formula is C11H12O4. The number of ether oxygens (including phenoxy) is 2. The van der Waals surface area contributed by atoms with E-state index in [9.17, 15) is 4.79 Å². The van der Waals surface area contributed by atoms with E-state index in [1.54, 1.807) is 19.2 Å². The van der Waals surface area contributed by atoms with E-state index in [1.165, 1.54) is 0 Å². The minimum absolute atomic E-state index is 0.311. The zero-order valence-electron chi connectivity index (χ0n) is 8.45. The van der Waals surface area contributed by atoms with E-state index < -0.39 is 5.97 Å². The van der Waals surface area contributed by atoms with E-state index in [4.69, 9.17) is 14.6 Å². The molecule has 1 N–H and O–H groups in total. The molecule has 1 heterocycles. The number of rotatable bonds is 2. The number of methoxy groups -OCH3 is 1. The summed E-state index contributed by atoms with van der Waals surface area (Å²) in [6, 6.07) is 3.20. The van der Waals surface area contributed by atoms with Crippen LogP contribution in [0.2, 0.25) is 0 Å². The van der Waals surface area contributed by atoms with Crippen molar-refractivity contribution in [1.29, 1.82) is 0 Å². The predicted molar refractivity (Wildman–Crippen MR) is 53.8 cm³/mol. The SMILES string of the molecule is COc1ccc(C(=O)O)c2c1OCCC2. The standard InChI is InChI=1S/C11H12O4/c1-14-9-5-4-8(11(12)13)7-3-2-6-15-10(7)9/h4-5H,2-3,6H2,1H3,(H,12,13). The number of carboxylic acids is 1. The first kappa shape index (κ1) is 9.83. The fourth-order valence-corrected chi connectivity index (χ4v) is 1.80. The summed E-state index contributed by atoms with van der Waals surface area (Å²) in [7, 11) is 1.55. The number of hydrogen-bond donors (Lipinski definition) is 1. The smallest absolute Gasteiger partial charge is 0.336 e. The molecule has 4 nitrogen and oxygen atoms in total. The number of benzene rings is 1. The molecule has 0 unspecified atom stereocenters. The van der Waals surface area contributed by atoms with E-state index in [1.807, 2.05) is 0 Å². The van der Waals surface area contributed by atoms with Crippen molar-refractivity contribution in [3.05, 3.63) is 23.3 Å². The molecule has 1 aliphatic rings. The molecule has 0 fully saturated rings. The number of carbonyl (C=O) groups is 1. The van der Waals surface area contributed by atoms with Crippen LogP contribution in [0.25, 0.3) is 0 Å². The molecule has 0 amide bonds. The van der Waals surface area contributed by atoms with Crippen molar-refractivity contribution < 1.29 is 19.4 Å². The topological polar surface area (TPSA) is 55.8 Å². The highest BCUT2D eigenvalue weighted by Crippen LogP contribution is 2.36. The molecular weight excluding hydrogens is 196 g/mol. The molecule has 0 aromatic heterocycles. The molecule has 0 bridgehead atoms. The average molecular weight is 208 g/mol. The summed E-state index contributed by atoms with van der Waals surface area (Å²) in [4.78, 5) is 11.0. The Labute approximate surface area is 87.4 Å². The summed E-state index contributed by atoms with van der Waals surface area (Å²) in [6.45, 7) is 0.617. The summed E-state index contributed by atoms with van der Waals surface area (Å²) in [6.07, 6.45) is 1.58. The molecule has 0 atom stereocenters. The lowest BCUT2D eigenvalue weighted by atomic mass is 9.99. The van der Waals surface area contributed by atoms with Crippen LogP contribution in [0.3, 0.4) is 0 Å². The average Bonchev–Trinajstić information content (AvgIpc) is 2.27. The maximum atomic E-state index is 11.0. The second kappa shape index (κ2) is 3.81. The van der Waals surface area contributed by atoms with E-state index in [2.05, 4.69) is 0 Å². The van der Waals surface area contributed by atoms with Crippen molar-refractivity contribution in [3.8, 4) is 11.5 Å². The summed E-state index contributed by atoms with van der Waals surface area (Å²) in [5, 5.41) is 9.01. The van der Waals surface area contributed by atoms with Crippen molar-refractivity contribution in [1.82, 2.24) is 0 Å². The Hall–Kier alpha value is -1.71. The van der Waals surface area contributed by atoms with E-state index in [-0.39, 0.29) is 0 Å². The summed E-state index contributed by atoms with van der Waals surface area (Å²) in [5.74, 6) is 0.276. The maximum Gasteiger partial charge on any atom is 0.336 e. The third kappa shape index (κ3) is 1.63. The Balaban J connectivity index is 2.57. The van der Waals surface area contributed by atoms with Crippen LogP contribution in [0.15, 0.2) is 12.1 Å². The largest absolute Gasteiger partial charge is 0.493 e.